The number of methoxy groups -OCH3 is 1. The predicted molar refractivity (Wildman–Crippen MR) is 64.3 cm³/mol. The molecule has 5 heteroatoms. The van der Waals surface area contributed by atoms with Crippen LogP contribution in [0.1, 0.15) is 18.9 Å². The van der Waals surface area contributed by atoms with Gasteiger partial charge in [0.05, 0.1) is 18.2 Å². The second-order valence-electron chi connectivity index (χ2n) is 4.02. The number of hydrogen-bond acceptors (Lipinski definition) is 4. The highest BCUT2D eigenvalue weighted by Gasteiger charge is 2.35. The Hall–Kier alpha value is -2.06. The Labute approximate surface area is 106 Å². The number of hydrogen-bond donors (Lipinski definition) is 1. The minimum atomic E-state index is -1.34. The number of nitrogens with zero attached hydrogens (tertiary/aromatic N) is 1. The molecule has 0 saturated carbocycles. The van der Waals surface area contributed by atoms with E-state index in [1.807, 2.05) is 6.07 Å². The van der Waals surface area contributed by atoms with Crippen LogP contribution in [0.15, 0.2) is 24.3 Å². The van der Waals surface area contributed by atoms with Gasteiger partial charge in [-0.25, -0.2) is 4.79 Å². The molecule has 0 fully saturated rings. The quantitative estimate of drug-likeness (QED) is 0.831. The first-order valence-corrected chi connectivity index (χ1v) is 5.43. The summed E-state index contributed by atoms with van der Waals surface area (Å²) in [5.41, 5.74) is -0.847. The van der Waals surface area contributed by atoms with Crippen molar-refractivity contribution in [1.82, 2.24) is 0 Å². The predicted octanol–water partition coefficient (Wildman–Crippen LogP) is 1.82. The maximum atomic E-state index is 11.2. The zero-order valence-corrected chi connectivity index (χ0v) is 10.3. The van der Waals surface area contributed by atoms with Gasteiger partial charge in [-0.15, -0.1) is 0 Å². The minimum Gasteiger partial charge on any atom is -0.478 e. The van der Waals surface area contributed by atoms with Gasteiger partial charge in [0.1, 0.15) is 5.75 Å². The largest absolute Gasteiger partial charge is 0.478 e. The number of aliphatic carboxylic acids is 1. The smallest absolute Gasteiger partial charge is 0.347 e. The maximum Gasteiger partial charge on any atom is 0.347 e. The van der Waals surface area contributed by atoms with Crippen molar-refractivity contribution < 1.29 is 19.4 Å². The van der Waals surface area contributed by atoms with Crippen LogP contribution < -0.4 is 4.74 Å². The van der Waals surface area contributed by atoms with Crippen molar-refractivity contribution in [2.24, 2.45) is 0 Å². The van der Waals surface area contributed by atoms with E-state index in [4.69, 9.17) is 14.7 Å². The van der Waals surface area contributed by atoms with E-state index in [0.29, 0.717) is 17.9 Å². The summed E-state index contributed by atoms with van der Waals surface area (Å²) in [7, 11) is 1.50. The molecule has 18 heavy (non-hydrogen) atoms. The Morgan fingerprint density at radius 3 is 2.50 bits per heavy atom. The molecule has 0 radical (unpaired) electrons. The third-order valence-corrected chi connectivity index (χ3v) is 2.56. The second-order valence-corrected chi connectivity index (χ2v) is 4.02. The van der Waals surface area contributed by atoms with E-state index < -0.39 is 11.6 Å². The highest BCUT2D eigenvalue weighted by Crippen LogP contribution is 2.22. The van der Waals surface area contributed by atoms with Gasteiger partial charge < -0.3 is 14.6 Å². The summed E-state index contributed by atoms with van der Waals surface area (Å²) in [4.78, 5) is 11.2. The molecule has 1 aromatic rings. The molecule has 0 saturated heterocycles. The van der Waals surface area contributed by atoms with Crippen molar-refractivity contribution in [3.8, 4) is 11.8 Å². The molecule has 96 valence electrons. The van der Waals surface area contributed by atoms with Crippen LogP contribution in [0.2, 0.25) is 0 Å². The zero-order valence-electron chi connectivity index (χ0n) is 10.3. The summed E-state index contributed by atoms with van der Waals surface area (Å²) >= 11 is 0. The highest BCUT2D eigenvalue weighted by atomic mass is 16.5. The summed E-state index contributed by atoms with van der Waals surface area (Å²) in [6.07, 6.45) is 0.235. The molecule has 5 nitrogen and oxygen atoms in total. The van der Waals surface area contributed by atoms with Gasteiger partial charge in [-0.05, 0) is 31.2 Å². The van der Waals surface area contributed by atoms with Crippen LogP contribution in [-0.2, 0) is 9.53 Å². The fourth-order valence-electron chi connectivity index (χ4n) is 1.36. The average molecular weight is 249 g/mol. The third kappa shape index (κ3) is 3.47. The number of benzene rings is 1. The van der Waals surface area contributed by atoms with E-state index in [0.717, 1.165) is 0 Å². The van der Waals surface area contributed by atoms with Gasteiger partial charge in [0.25, 0.3) is 0 Å². The van der Waals surface area contributed by atoms with E-state index in [2.05, 4.69) is 0 Å². The Balaban J connectivity index is 2.83. The van der Waals surface area contributed by atoms with Crippen molar-refractivity contribution in [3.63, 3.8) is 0 Å². The van der Waals surface area contributed by atoms with Crippen molar-refractivity contribution in [1.29, 1.82) is 5.26 Å². The maximum absolute atomic E-state index is 11.2. The van der Waals surface area contributed by atoms with Crippen LogP contribution >= 0.6 is 0 Å². The van der Waals surface area contributed by atoms with E-state index in [1.165, 1.54) is 14.0 Å². The van der Waals surface area contributed by atoms with Gasteiger partial charge in [-0.1, -0.05) is 0 Å². The molecular formula is C13H15NO4. The first-order valence-electron chi connectivity index (χ1n) is 5.43. The van der Waals surface area contributed by atoms with Gasteiger partial charge in [0, 0.05) is 13.5 Å². The molecule has 0 aliphatic heterocycles. The molecule has 0 aromatic heterocycles. The molecule has 1 unspecified atom stereocenters. The molecule has 0 aliphatic rings. The summed E-state index contributed by atoms with van der Waals surface area (Å²) in [5, 5.41) is 17.9. The van der Waals surface area contributed by atoms with Crippen molar-refractivity contribution in [3.05, 3.63) is 29.8 Å². The monoisotopic (exact) mass is 249 g/mol. The van der Waals surface area contributed by atoms with Crippen molar-refractivity contribution in [2.45, 2.75) is 18.9 Å². The first-order chi connectivity index (χ1) is 8.51. The molecule has 1 atom stereocenters. The molecule has 0 spiro atoms. The summed E-state index contributed by atoms with van der Waals surface area (Å²) in [6, 6.07) is 8.29. The molecule has 0 amide bonds. The fourth-order valence-corrected chi connectivity index (χ4v) is 1.36. The minimum absolute atomic E-state index is 0.235. The Morgan fingerprint density at radius 2 is 2.06 bits per heavy atom. The molecule has 1 rings (SSSR count). The highest BCUT2D eigenvalue weighted by molar-refractivity contribution is 5.77. The normalized spacial score (nSPS) is 13.4. The van der Waals surface area contributed by atoms with Crippen LogP contribution in [0.25, 0.3) is 0 Å². The van der Waals surface area contributed by atoms with E-state index in [1.54, 1.807) is 24.3 Å². The van der Waals surface area contributed by atoms with Crippen LogP contribution in [0.3, 0.4) is 0 Å². The van der Waals surface area contributed by atoms with Crippen LogP contribution in [0.5, 0.6) is 5.75 Å². The lowest BCUT2D eigenvalue weighted by Gasteiger charge is -2.26. The standard InChI is InChI=1S/C13H15NO4/c1-13(12(15)16,7-8-17-2)18-11-5-3-10(9-14)4-6-11/h3-6H,7-8H2,1-2H3,(H,15,16). The van der Waals surface area contributed by atoms with E-state index in [9.17, 15) is 9.90 Å². The third-order valence-electron chi connectivity index (χ3n) is 2.56. The van der Waals surface area contributed by atoms with E-state index >= 15 is 0 Å². The number of ether oxygens (including phenoxy) is 2. The topological polar surface area (TPSA) is 79.5 Å². The number of carboxylic acids is 1. The zero-order chi connectivity index (χ0) is 13.6. The summed E-state index contributed by atoms with van der Waals surface area (Å²) in [5.74, 6) is -0.640. The van der Waals surface area contributed by atoms with Crippen LogP contribution in [0.4, 0.5) is 0 Å². The molecular weight excluding hydrogens is 234 g/mol. The first kappa shape index (κ1) is 14.0. The van der Waals surface area contributed by atoms with E-state index in [-0.39, 0.29) is 6.42 Å². The van der Waals surface area contributed by atoms with Crippen molar-refractivity contribution >= 4 is 5.97 Å². The van der Waals surface area contributed by atoms with Crippen LogP contribution in [-0.4, -0.2) is 30.4 Å². The molecule has 0 heterocycles. The average Bonchev–Trinajstić information content (AvgIpc) is 2.37. The Bertz CT molecular complexity index is 449. The molecule has 1 aromatic carbocycles. The van der Waals surface area contributed by atoms with Gasteiger partial charge in [0.15, 0.2) is 0 Å². The Morgan fingerprint density at radius 1 is 1.44 bits per heavy atom. The van der Waals surface area contributed by atoms with Gasteiger partial charge in [0.2, 0.25) is 5.60 Å². The molecule has 0 aliphatic carbocycles. The number of nitriles is 1. The lowest BCUT2D eigenvalue weighted by molar-refractivity contribution is -0.155. The summed E-state index contributed by atoms with van der Waals surface area (Å²) in [6.45, 7) is 1.78. The lowest BCUT2D eigenvalue weighted by atomic mass is 10.0. The number of carbonyl (C=O) groups is 1. The number of rotatable bonds is 6. The van der Waals surface area contributed by atoms with Gasteiger partial charge >= 0.3 is 5.97 Å². The van der Waals surface area contributed by atoms with Gasteiger partial charge in [-0.2, -0.15) is 5.26 Å². The summed E-state index contributed by atoms with van der Waals surface area (Å²) < 4.78 is 10.4. The Kier molecular flexibility index (Phi) is 4.69. The molecule has 1 N–H and O–H groups in total. The molecule has 0 bridgehead atoms. The fraction of sp³-hybridized carbons (Fsp3) is 0.385. The number of carboxylic acid groups (broad SMARTS) is 1. The van der Waals surface area contributed by atoms with Crippen LogP contribution in [0, 0.1) is 11.3 Å². The lowest BCUT2D eigenvalue weighted by Crippen LogP contribution is -2.42. The SMILES string of the molecule is COCCC(C)(Oc1ccc(C#N)cc1)C(=O)O. The second kappa shape index (κ2) is 6.03. The van der Waals surface area contributed by atoms with Gasteiger partial charge in [-0.3, -0.25) is 0 Å². The van der Waals surface area contributed by atoms with Crippen molar-refractivity contribution in [2.75, 3.05) is 13.7 Å².